The van der Waals surface area contributed by atoms with Crippen LogP contribution in [0.3, 0.4) is 0 Å². The Morgan fingerprint density at radius 1 is 1.19 bits per heavy atom. The van der Waals surface area contributed by atoms with Crippen LogP contribution in [0.5, 0.6) is 0 Å². The number of aromatic nitrogens is 2. The molecular weight excluding hydrogens is 408 g/mol. The molecule has 0 aliphatic rings. The number of amides is 1. The molecule has 0 saturated heterocycles. The summed E-state index contributed by atoms with van der Waals surface area (Å²) < 4.78 is 2.41. The van der Waals surface area contributed by atoms with Crippen molar-refractivity contribution >= 4 is 27.5 Å². The van der Waals surface area contributed by atoms with E-state index < -0.39 is 0 Å². The maximum absolute atomic E-state index is 13.4. The first-order valence-corrected chi connectivity index (χ1v) is 12.0. The fourth-order valence-electron chi connectivity index (χ4n) is 3.86. The Balaban J connectivity index is 2.10. The van der Waals surface area contributed by atoms with Gasteiger partial charge in [-0.3, -0.25) is 14.2 Å². The van der Waals surface area contributed by atoms with E-state index in [2.05, 4.69) is 6.92 Å². The molecule has 0 bridgehead atoms. The van der Waals surface area contributed by atoms with E-state index in [1.807, 2.05) is 53.6 Å². The molecule has 1 atom stereocenters. The Morgan fingerprint density at radius 2 is 1.97 bits per heavy atom. The zero-order chi connectivity index (χ0) is 22.2. The van der Waals surface area contributed by atoms with Gasteiger partial charge in [-0.25, -0.2) is 4.98 Å². The van der Waals surface area contributed by atoms with E-state index in [0.29, 0.717) is 48.5 Å². The molecule has 1 unspecified atom stereocenters. The van der Waals surface area contributed by atoms with E-state index in [9.17, 15) is 9.59 Å². The summed E-state index contributed by atoms with van der Waals surface area (Å²) >= 11 is 1.41. The Morgan fingerprint density at radius 3 is 2.65 bits per heavy atom. The number of carbonyl (C=O) groups is 1. The zero-order valence-corrected chi connectivity index (χ0v) is 19.2. The third-order valence-electron chi connectivity index (χ3n) is 5.51. The monoisotopic (exact) mass is 440 g/mol. The van der Waals surface area contributed by atoms with Gasteiger partial charge < -0.3 is 10.6 Å². The van der Waals surface area contributed by atoms with Crippen LogP contribution >= 0.6 is 11.3 Å². The van der Waals surface area contributed by atoms with Gasteiger partial charge in [-0.2, -0.15) is 0 Å². The van der Waals surface area contributed by atoms with Crippen LogP contribution in [0.4, 0.5) is 0 Å². The number of hydrogen-bond acceptors (Lipinski definition) is 5. The van der Waals surface area contributed by atoms with Crippen molar-refractivity contribution < 1.29 is 4.79 Å². The van der Waals surface area contributed by atoms with Gasteiger partial charge in [-0.1, -0.05) is 50.6 Å². The van der Waals surface area contributed by atoms with Gasteiger partial charge in [-0.05, 0) is 42.8 Å². The number of fused-ring (bicyclic) bond motifs is 1. The average Bonchev–Trinajstić information content (AvgIpc) is 3.26. The highest BCUT2D eigenvalue weighted by molar-refractivity contribution is 7.17. The largest absolute Gasteiger partial charge is 0.332 e. The normalized spacial score (nSPS) is 12.2. The minimum absolute atomic E-state index is 0.0444. The first-order valence-electron chi connectivity index (χ1n) is 11.1. The number of nitrogens with zero attached hydrogens (tertiary/aromatic N) is 3. The van der Waals surface area contributed by atoms with Gasteiger partial charge in [0.25, 0.3) is 5.56 Å². The quantitative estimate of drug-likeness (QED) is 0.481. The lowest BCUT2D eigenvalue weighted by Gasteiger charge is -2.32. The predicted molar refractivity (Wildman–Crippen MR) is 127 cm³/mol. The number of carbonyl (C=O) groups excluding carboxylic acids is 1. The first kappa shape index (κ1) is 23.2. The maximum atomic E-state index is 13.4. The molecule has 2 aromatic heterocycles. The fraction of sp³-hybridized carbons (Fsp3) is 0.458. The molecular formula is C24H32N4O2S. The highest BCUT2D eigenvalue weighted by Crippen LogP contribution is 2.27. The molecule has 31 heavy (non-hydrogen) atoms. The SMILES string of the molecule is CCCCC(=O)N(CCCN)C(CC)c1nc2ccsc2c(=O)n1Cc1ccccc1. The maximum Gasteiger partial charge on any atom is 0.271 e. The predicted octanol–water partition coefficient (Wildman–Crippen LogP) is 4.33. The van der Waals surface area contributed by atoms with E-state index in [4.69, 9.17) is 10.7 Å². The molecule has 6 nitrogen and oxygen atoms in total. The summed E-state index contributed by atoms with van der Waals surface area (Å²) in [5.74, 6) is 0.761. The molecule has 0 aliphatic heterocycles. The van der Waals surface area contributed by atoms with Crippen LogP contribution in [0.15, 0.2) is 46.6 Å². The van der Waals surface area contributed by atoms with Crippen molar-refractivity contribution in [2.45, 2.75) is 58.5 Å². The molecule has 0 spiro atoms. The van der Waals surface area contributed by atoms with Crippen molar-refractivity contribution in [2.75, 3.05) is 13.1 Å². The molecule has 0 fully saturated rings. The summed E-state index contributed by atoms with van der Waals surface area (Å²) in [7, 11) is 0. The van der Waals surface area contributed by atoms with Gasteiger partial charge in [0.2, 0.25) is 5.91 Å². The molecule has 3 aromatic rings. The van der Waals surface area contributed by atoms with E-state index in [-0.39, 0.29) is 17.5 Å². The summed E-state index contributed by atoms with van der Waals surface area (Å²) in [6, 6.07) is 11.5. The van der Waals surface area contributed by atoms with Crippen molar-refractivity contribution in [1.29, 1.82) is 0 Å². The number of benzene rings is 1. The lowest BCUT2D eigenvalue weighted by atomic mass is 10.1. The summed E-state index contributed by atoms with van der Waals surface area (Å²) in [6.07, 6.45) is 3.71. The summed E-state index contributed by atoms with van der Waals surface area (Å²) in [5, 5.41) is 1.90. The van der Waals surface area contributed by atoms with Crippen LogP contribution in [0.25, 0.3) is 10.2 Å². The van der Waals surface area contributed by atoms with Crippen LogP contribution in [-0.4, -0.2) is 33.4 Å². The van der Waals surface area contributed by atoms with Crippen molar-refractivity contribution in [3.05, 3.63) is 63.5 Å². The Hall–Kier alpha value is -2.51. The molecule has 166 valence electrons. The molecule has 1 amide bonds. The Labute approximate surface area is 187 Å². The lowest BCUT2D eigenvalue weighted by molar-refractivity contribution is -0.134. The molecule has 0 saturated carbocycles. The zero-order valence-electron chi connectivity index (χ0n) is 18.4. The third-order valence-corrected chi connectivity index (χ3v) is 6.40. The molecule has 0 radical (unpaired) electrons. The minimum atomic E-state index is -0.267. The highest BCUT2D eigenvalue weighted by Gasteiger charge is 2.28. The second kappa shape index (κ2) is 11.2. The minimum Gasteiger partial charge on any atom is -0.332 e. The summed E-state index contributed by atoms with van der Waals surface area (Å²) in [6.45, 7) is 5.64. The average molecular weight is 441 g/mol. The number of rotatable bonds is 11. The number of thiophene rings is 1. The summed E-state index contributed by atoms with van der Waals surface area (Å²) in [5.41, 5.74) is 7.46. The first-order chi connectivity index (χ1) is 15.1. The van der Waals surface area contributed by atoms with Crippen molar-refractivity contribution in [1.82, 2.24) is 14.5 Å². The van der Waals surface area contributed by atoms with E-state index in [1.165, 1.54) is 11.3 Å². The van der Waals surface area contributed by atoms with Gasteiger partial charge in [0.1, 0.15) is 10.5 Å². The topological polar surface area (TPSA) is 81.2 Å². The van der Waals surface area contributed by atoms with Crippen LogP contribution in [-0.2, 0) is 11.3 Å². The lowest BCUT2D eigenvalue weighted by Crippen LogP contribution is -2.40. The van der Waals surface area contributed by atoms with Gasteiger partial charge in [0.05, 0.1) is 18.1 Å². The third kappa shape index (κ3) is 5.40. The van der Waals surface area contributed by atoms with Gasteiger partial charge in [0.15, 0.2) is 0 Å². The van der Waals surface area contributed by atoms with Crippen molar-refractivity contribution in [3.8, 4) is 0 Å². The second-order valence-corrected chi connectivity index (χ2v) is 8.65. The molecule has 2 N–H and O–H groups in total. The second-order valence-electron chi connectivity index (χ2n) is 7.74. The van der Waals surface area contributed by atoms with Crippen molar-refractivity contribution in [2.24, 2.45) is 5.73 Å². The van der Waals surface area contributed by atoms with Crippen LogP contribution in [0.2, 0.25) is 0 Å². The highest BCUT2D eigenvalue weighted by atomic mass is 32.1. The molecule has 3 rings (SSSR count). The molecule has 1 aromatic carbocycles. The standard InChI is InChI=1S/C24H32N4O2S/c1-3-5-12-21(29)27(15-9-14-25)20(4-2)23-26-19-13-16-31-22(19)24(30)28(23)17-18-10-7-6-8-11-18/h6-8,10-11,13,16,20H,3-5,9,12,14-15,17,25H2,1-2H3. The molecule has 0 aliphatic carbocycles. The Bertz CT molecular complexity index is 1040. The van der Waals surface area contributed by atoms with Crippen LogP contribution in [0, 0.1) is 0 Å². The fourth-order valence-corrected chi connectivity index (χ4v) is 4.64. The molecule has 2 heterocycles. The van der Waals surface area contributed by atoms with Gasteiger partial charge >= 0.3 is 0 Å². The number of hydrogen-bond donors (Lipinski definition) is 1. The van der Waals surface area contributed by atoms with Crippen molar-refractivity contribution in [3.63, 3.8) is 0 Å². The van der Waals surface area contributed by atoms with Crippen LogP contribution < -0.4 is 11.3 Å². The van der Waals surface area contributed by atoms with Gasteiger partial charge in [0, 0.05) is 13.0 Å². The van der Waals surface area contributed by atoms with Gasteiger partial charge in [-0.15, -0.1) is 11.3 Å². The van der Waals surface area contributed by atoms with E-state index in [0.717, 1.165) is 24.8 Å². The van der Waals surface area contributed by atoms with Crippen LogP contribution in [0.1, 0.15) is 63.4 Å². The molecule has 7 heteroatoms. The number of unbranched alkanes of at least 4 members (excludes halogenated alkanes) is 1. The Kier molecular flexibility index (Phi) is 8.37. The summed E-state index contributed by atoms with van der Waals surface area (Å²) in [4.78, 5) is 33.3. The van der Waals surface area contributed by atoms with E-state index in [1.54, 1.807) is 4.57 Å². The number of nitrogens with two attached hydrogens (primary N) is 1. The van der Waals surface area contributed by atoms with E-state index >= 15 is 0 Å². The smallest absolute Gasteiger partial charge is 0.271 e.